The fourth-order valence-corrected chi connectivity index (χ4v) is 4.81. The van der Waals surface area contributed by atoms with Gasteiger partial charge in [-0.25, -0.2) is 12.8 Å². The van der Waals surface area contributed by atoms with E-state index >= 15 is 0 Å². The quantitative estimate of drug-likeness (QED) is 0.392. The summed E-state index contributed by atoms with van der Waals surface area (Å²) in [5.74, 6) is -1.51. The Morgan fingerprint density at radius 1 is 1.00 bits per heavy atom. The second-order valence-electron chi connectivity index (χ2n) is 8.70. The van der Waals surface area contributed by atoms with Gasteiger partial charge in [0.1, 0.15) is 18.4 Å². The highest BCUT2D eigenvalue weighted by Gasteiger charge is 2.31. The van der Waals surface area contributed by atoms with Crippen molar-refractivity contribution in [3.05, 3.63) is 78.1 Å². The Kier molecular flexibility index (Phi) is 9.03. The molecule has 0 aliphatic rings. The van der Waals surface area contributed by atoms with E-state index in [1.807, 2.05) is 25.1 Å². The molecule has 1 atom stereocenters. The number of nitrogens with one attached hydrogen (secondary N) is 1. The minimum Gasteiger partial charge on any atom is -0.354 e. The summed E-state index contributed by atoms with van der Waals surface area (Å²) in [6.07, 6.45) is 2.70. The van der Waals surface area contributed by atoms with Crippen LogP contribution in [0.5, 0.6) is 0 Å². The molecule has 9 heteroatoms. The van der Waals surface area contributed by atoms with Crippen molar-refractivity contribution in [3.8, 4) is 0 Å². The van der Waals surface area contributed by atoms with Gasteiger partial charge < -0.3 is 10.2 Å². The molecular formula is C27H32FN3O4S. The normalized spacial score (nSPS) is 12.2. The van der Waals surface area contributed by atoms with E-state index in [9.17, 15) is 22.4 Å². The molecule has 0 radical (unpaired) electrons. The average molecular weight is 514 g/mol. The molecule has 0 bridgehead atoms. The number of carbonyl (C=O) groups is 2. The second kappa shape index (κ2) is 12.0. The van der Waals surface area contributed by atoms with E-state index in [1.54, 1.807) is 37.3 Å². The van der Waals surface area contributed by atoms with Crippen LogP contribution in [0.2, 0.25) is 0 Å². The van der Waals surface area contributed by atoms with Gasteiger partial charge in [-0.05, 0) is 30.9 Å². The van der Waals surface area contributed by atoms with Crippen molar-refractivity contribution >= 4 is 38.3 Å². The predicted octanol–water partition coefficient (Wildman–Crippen LogP) is 4.08. The Hall–Kier alpha value is -3.46. The first kappa shape index (κ1) is 27.1. The third-order valence-electron chi connectivity index (χ3n) is 6.01. The van der Waals surface area contributed by atoms with E-state index in [1.165, 1.54) is 23.1 Å². The van der Waals surface area contributed by atoms with Crippen LogP contribution in [-0.2, 0) is 26.2 Å². The molecule has 7 nitrogen and oxygen atoms in total. The van der Waals surface area contributed by atoms with Crippen LogP contribution in [0.15, 0.2) is 66.7 Å². The van der Waals surface area contributed by atoms with Gasteiger partial charge in [0.2, 0.25) is 21.8 Å². The van der Waals surface area contributed by atoms with Gasteiger partial charge in [0.05, 0.1) is 11.9 Å². The number of carbonyl (C=O) groups excluding carboxylic acids is 2. The number of anilines is 1. The Labute approximate surface area is 212 Å². The molecule has 3 rings (SSSR count). The third kappa shape index (κ3) is 6.60. The molecule has 2 amide bonds. The molecule has 0 heterocycles. The number of unbranched alkanes of at least 4 members (excludes halogenated alkanes) is 1. The molecule has 0 saturated carbocycles. The monoisotopic (exact) mass is 513 g/mol. The van der Waals surface area contributed by atoms with E-state index < -0.39 is 34.3 Å². The maximum atomic E-state index is 14.5. The lowest BCUT2D eigenvalue weighted by molar-refractivity contribution is -0.139. The van der Waals surface area contributed by atoms with Crippen LogP contribution >= 0.6 is 0 Å². The van der Waals surface area contributed by atoms with Crippen molar-refractivity contribution in [1.82, 2.24) is 10.2 Å². The average Bonchev–Trinajstić information content (AvgIpc) is 2.85. The number of amides is 2. The molecule has 3 aromatic carbocycles. The molecule has 0 spiro atoms. The van der Waals surface area contributed by atoms with Gasteiger partial charge in [0.25, 0.3) is 0 Å². The smallest absolute Gasteiger partial charge is 0.244 e. The molecule has 0 aromatic heterocycles. The van der Waals surface area contributed by atoms with E-state index in [4.69, 9.17) is 0 Å². The molecule has 0 fully saturated rings. The Bertz CT molecular complexity index is 1320. The first-order chi connectivity index (χ1) is 17.1. The lowest BCUT2D eigenvalue weighted by Gasteiger charge is -2.32. The van der Waals surface area contributed by atoms with Crippen molar-refractivity contribution in [2.45, 2.75) is 39.3 Å². The summed E-state index contributed by atoms with van der Waals surface area (Å²) in [6, 6.07) is 17.6. The van der Waals surface area contributed by atoms with E-state index in [-0.39, 0.29) is 18.0 Å². The zero-order valence-corrected chi connectivity index (χ0v) is 21.6. The highest BCUT2D eigenvalue weighted by atomic mass is 32.2. The lowest BCUT2D eigenvalue weighted by Crippen LogP contribution is -2.51. The Morgan fingerprint density at radius 3 is 2.36 bits per heavy atom. The number of fused-ring (bicyclic) bond motifs is 1. The number of halogens is 1. The largest absolute Gasteiger partial charge is 0.354 e. The molecule has 3 aromatic rings. The molecule has 0 aliphatic carbocycles. The summed E-state index contributed by atoms with van der Waals surface area (Å²) >= 11 is 0. The fourth-order valence-electron chi connectivity index (χ4n) is 3.95. The number of sulfonamides is 1. The summed E-state index contributed by atoms with van der Waals surface area (Å²) in [7, 11) is -3.87. The molecule has 0 aliphatic heterocycles. The number of hydrogen-bond acceptors (Lipinski definition) is 4. The number of rotatable bonds is 11. The van der Waals surface area contributed by atoms with E-state index in [0.717, 1.165) is 28.8 Å². The number of hydrogen-bond donors (Lipinski definition) is 1. The van der Waals surface area contributed by atoms with Gasteiger partial charge in [0, 0.05) is 24.0 Å². The van der Waals surface area contributed by atoms with E-state index in [2.05, 4.69) is 5.32 Å². The van der Waals surface area contributed by atoms with Crippen LogP contribution in [-0.4, -0.2) is 50.5 Å². The predicted molar refractivity (Wildman–Crippen MR) is 140 cm³/mol. The summed E-state index contributed by atoms with van der Waals surface area (Å²) in [5.41, 5.74) is 0.588. The molecule has 1 N–H and O–H groups in total. The van der Waals surface area contributed by atoms with Crippen molar-refractivity contribution in [1.29, 1.82) is 0 Å². The second-order valence-corrected chi connectivity index (χ2v) is 10.6. The van der Waals surface area contributed by atoms with Gasteiger partial charge in [-0.2, -0.15) is 0 Å². The van der Waals surface area contributed by atoms with Gasteiger partial charge in [0.15, 0.2) is 0 Å². The minimum atomic E-state index is -3.87. The molecule has 192 valence electrons. The van der Waals surface area contributed by atoms with Crippen LogP contribution in [0.1, 0.15) is 32.3 Å². The molecular weight excluding hydrogens is 481 g/mol. The van der Waals surface area contributed by atoms with Crippen LogP contribution < -0.4 is 9.62 Å². The number of benzene rings is 3. The Balaban J connectivity index is 1.97. The molecule has 0 saturated heterocycles. The zero-order valence-electron chi connectivity index (χ0n) is 20.8. The summed E-state index contributed by atoms with van der Waals surface area (Å²) in [4.78, 5) is 27.7. The number of nitrogens with zero attached hydrogens (tertiary/aromatic N) is 2. The maximum Gasteiger partial charge on any atom is 0.244 e. The summed E-state index contributed by atoms with van der Waals surface area (Å²) in [6.45, 7) is 3.29. The van der Waals surface area contributed by atoms with Crippen molar-refractivity contribution in [3.63, 3.8) is 0 Å². The molecule has 36 heavy (non-hydrogen) atoms. The highest BCUT2D eigenvalue weighted by molar-refractivity contribution is 7.92. The SMILES string of the molecule is CCCCNC(=O)[C@H](C)N(Cc1ccccc1F)C(=O)CN(c1cccc2ccccc12)S(C)(=O)=O. The minimum absolute atomic E-state index is 0.180. The highest BCUT2D eigenvalue weighted by Crippen LogP contribution is 2.28. The third-order valence-corrected chi connectivity index (χ3v) is 7.14. The van der Waals surface area contributed by atoms with Crippen LogP contribution in [0.3, 0.4) is 0 Å². The van der Waals surface area contributed by atoms with Gasteiger partial charge in [-0.3, -0.25) is 13.9 Å². The van der Waals surface area contributed by atoms with E-state index in [0.29, 0.717) is 17.6 Å². The lowest BCUT2D eigenvalue weighted by atomic mass is 10.1. The zero-order chi connectivity index (χ0) is 26.3. The summed E-state index contributed by atoms with van der Waals surface area (Å²) in [5, 5.41) is 4.29. The Morgan fingerprint density at radius 2 is 1.67 bits per heavy atom. The standard InChI is InChI=1S/C27H32FN3O4S/c1-4-5-17-29-27(33)20(2)30(18-22-12-7-9-15-24(22)28)26(32)19-31(36(3,34)35)25-16-10-13-21-11-6-8-14-23(21)25/h6-16,20H,4-5,17-19H2,1-3H3,(H,29,33)/t20-/m0/s1. The van der Waals surface area contributed by atoms with Crippen molar-refractivity contribution in [2.24, 2.45) is 0 Å². The van der Waals surface area contributed by atoms with Crippen LogP contribution in [0.25, 0.3) is 10.8 Å². The van der Waals surface area contributed by atoms with Crippen LogP contribution in [0.4, 0.5) is 10.1 Å². The van der Waals surface area contributed by atoms with Gasteiger partial charge in [-0.1, -0.05) is 67.9 Å². The van der Waals surface area contributed by atoms with Gasteiger partial charge in [-0.15, -0.1) is 0 Å². The fraction of sp³-hybridized carbons (Fsp3) is 0.333. The van der Waals surface area contributed by atoms with Crippen molar-refractivity contribution < 1.29 is 22.4 Å². The maximum absolute atomic E-state index is 14.5. The topological polar surface area (TPSA) is 86.8 Å². The molecule has 0 unspecified atom stereocenters. The first-order valence-electron chi connectivity index (χ1n) is 11.9. The summed E-state index contributed by atoms with van der Waals surface area (Å²) < 4.78 is 41.2. The first-order valence-corrected chi connectivity index (χ1v) is 13.7. The van der Waals surface area contributed by atoms with Crippen LogP contribution in [0, 0.1) is 5.82 Å². The van der Waals surface area contributed by atoms with Crippen molar-refractivity contribution in [2.75, 3.05) is 23.7 Å². The van der Waals surface area contributed by atoms with Gasteiger partial charge >= 0.3 is 0 Å².